The van der Waals surface area contributed by atoms with Crippen LogP contribution in [0.2, 0.25) is 0 Å². The second-order valence-electron chi connectivity index (χ2n) is 3.08. The fourth-order valence-corrected chi connectivity index (χ4v) is 1.37. The van der Waals surface area contributed by atoms with Crippen LogP contribution in [0.5, 0.6) is 0 Å². The Morgan fingerprint density at radius 3 is 3.00 bits per heavy atom. The van der Waals surface area contributed by atoms with Crippen molar-refractivity contribution in [2.75, 3.05) is 13.1 Å². The summed E-state index contributed by atoms with van der Waals surface area (Å²) in [7, 11) is 0. The van der Waals surface area contributed by atoms with Crippen LogP contribution in [0.15, 0.2) is 12.8 Å². The van der Waals surface area contributed by atoms with Gasteiger partial charge in [-0.1, -0.05) is 6.58 Å². The van der Waals surface area contributed by atoms with Crippen molar-refractivity contribution >= 4 is 0 Å². The van der Waals surface area contributed by atoms with Crippen molar-refractivity contribution in [3.63, 3.8) is 0 Å². The molecule has 2 N–H and O–H groups in total. The molecule has 0 radical (unpaired) electrons. The van der Waals surface area contributed by atoms with E-state index >= 15 is 0 Å². The molecule has 4 heteroatoms. The van der Waals surface area contributed by atoms with Crippen molar-refractivity contribution in [2.45, 2.75) is 24.8 Å². The Balaban J connectivity index is 2.47. The number of hydrogen-bond donors (Lipinski definition) is 2. The van der Waals surface area contributed by atoms with Crippen LogP contribution in [-0.4, -0.2) is 25.1 Å². The Morgan fingerprint density at radius 1 is 1.58 bits per heavy atom. The van der Waals surface area contributed by atoms with Gasteiger partial charge in [0.2, 0.25) is 0 Å². The molecule has 12 heavy (non-hydrogen) atoms. The molecular weight excluding hydrogens is 162 g/mol. The molecule has 1 atom stereocenters. The summed E-state index contributed by atoms with van der Waals surface area (Å²) in [4.78, 5) is 0. The van der Waals surface area contributed by atoms with Crippen LogP contribution in [0.25, 0.3) is 0 Å². The van der Waals surface area contributed by atoms with Crippen LogP contribution in [0.3, 0.4) is 0 Å². The van der Waals surface area contributed by atoms with E-state index in [-0.39, 0.29) is 18.9 Å². The molecule has 0 aromatic rings. The van der Waals surface area contributed by atoms with Crippen molar-refractivity contribution in [1.82, 2.24) is 10.6 Å². The van der Waals surface area contributed by atoms with Gasteiger partial charge < -0.3 is 10.6 Å². The van der Waals surface area contributed by atoms with Gasteiger partial charge >= 0.3 is 0 Å². The van der Waals surface area contributed by atoms with Gasteiger partial charge in [0.15, 0.2) is 0 Å². The van der Waals surface area contributed by atoms with Gasteiger partial charge in [0.25, 0.3) is 5.92 Å². The lowest BCUT2D eigenvalue weighted by atomic mass is 10.1. The van der Waals surface area contributed by atoms with Crippen LogP contribution in [-0.2, 0) is 0 Å². The quantitative estimate of drug-likeness (QED) is 0.658. The number of nitrogens with one attached hydrogen (secondary N) is 2. The van der Waals surface area contributed by atoms with Crippen LogP contribution in [0.1, 0.15) is 12.8 Å². The Morgan fingerprint density at radius 2 is 2.33 bits per heavy atom. The number of halogens is 2. The highest BCUT2D eigenvalue weighted by atomic mass is 19.3. The van der Waals surface area contributed by atoms with Gasteiger partial charge in [0.05, 0.1) is 0 Å². The summed E-state index contributed by atoms with van der Waals surface area (Å²) in [6, 6.07) is -0.194. The molecule has 1 aliphatic rings. The third-order valence-corrected chi connectivity index (χ3v) is 1.96. The van der Waals surface area contributed by atoms with Gasteiger partial charge in [-0.25, -0.2) is 8.78 Å². The van der Waals surface area contributed by atoms with Crippen molar-refractivity contribution in [2.24, 2.45) is 0 Å². The maximum absolute atomic E-state index is 12.9. The first-order valence-electron chi connectivity index (χ1n) is 4.09. The normalized spacial score (nSPS) is 29.0. The summed E-state index contributed by atoms with van der Waals surface area (Å²) in [5.74, 6) is -2.54. The number of alkyl halides is 2. The van der Waals surface area contributed by atoms with Crippen molar-refractivity contribution in [3.8, 4) is 0 Å². The number of hydrogen-bond acceptors (Lipinski definition) is 2. The third kappa shape index (κ3) is 2.77. The molecule has 0 saturated carbocycles. The van der Waals surface area contributed by atoms with Gasteiger partial charge in [-0.05, 0) is 6.20 Å². The molecule has 2 nitrogen and oxygen atoms in total. The van der Waals surface area contributed by atoms with E-state index in [1.165, 1.54) is 6.20 Å². The van der Waals surface area contributed by atoms with Crippen molar-refractivity contribution < 1.29 is 8.78 Å². The average molecular weight is 176 g/mol. The molecule has 1 unspecified atom stereocenters. The van der Waals surface area contributed by atoms with Gasteiger partial charge in [-0.15, -0.1) is 0 Å². The van der Waals surface area contributed by atoms with E-state index < -0.39 is 5.92 Å². The average Bonchev–Trinajstić information content (AvgIpc) is 2.11. The summed E-state index contributed by atoms with van der Waals surface area (Å²) >= 11 is 0. The smallest absolute Gasteiger partial charge is 0.251 e. The predicted molar refractivity (Wildman–Crippen MR) is 44.2 cm³/mol. The second kappa shape index (κ2) is 3.85. The molecule has 1 heterocycles. The molecule has 0 bridgehead atoms. The SMILES string of the molecule is C=CNC1CNCCC(F)(F)C1. The number of rotatable bonds is 2. The minimum Gasteiger partial charge on any atom is -0.387 e. The topological polar surface area (TPSA) is 24.1 Å². The third-order valence-electron chi connectivity index (χ3n) is 1.96. The van der Waals surface area contributed by atoms with E-state index in [0.29, 0.717) is 13.1 Å². The molecule has 0 spiro atoms. The Hall–Kier alpha value is -0.640. The predicted octanol–water partition coefficient (Wildman–Crippen LogP) is 1.11. The monoisotopic (exact) mass is 176 g/mol. The molecule has 0 aliphatic carbocycles. The molecule has 0 aromatic carbocycles. The van der Waals surface area contributed by atoms with Crippen LogP contribution in [0, 0.1) is 0 Å². The van der Waals surface area contributed by atoms with Gasteiger partial charge in [-0.3, -0.25) is 0 Å². The van der Waals surface area contributed by atoms with E-state index in [4.69, 9.17) is 0 Å². The largest absolute Gasteiger partial charge is 0.387 e. The van der Waals surface area contributed by atoms with E-state index in [1.54, 1.807) is 0 Å². The zero-order valence-corrected chi connectivity index (χ0v) is 6.95. The minimum absolute atomic E-state index is 0.0671. The first-order valence-corrected chi connectivity index (χ1v) is 4.09. The Kier molecular flexibility index (Phi) is 3.03. The van der Waals surface area contributed by atoms with Crippen LogP contribution in [0.4, 0.5) is 8.78 Å². The fourth-order valence-electron chi connectivity index (χ4n) is 1.37. The lowest BCUT2D eigenvalue weighted by Gasteiger charge is -2.18. The zero-order chi connectivity index (χ0) is 9.03. The van der Waals surface area contributed by atoms with Crippen LogP contribution >= 0.6 is 0 Å². The fraction of sp³-hybridized carbons (Fsp3) is 0.750. The van der Waals surface area contributed by atoms with E-state index in [9.17, 15) is 8.78 Å². The molecule has 70 valence electrons. The summed E-state index contributed by atoms with van der Waals surface area (Å²) < 4.78 is 25.8. The second-order valence-corrected chi connectivity index (χ2v) is 3.08. The molecular formula is C8H14F2N2. The maximum Gasteiger partial charge on any atom is 0.251 e. The summed E-state index contributed by atoms with van der Waals surface area (Å²) in [5.41, 5.74) is 0. The summed E-state index contributed by atoms with van der Waals surface area (Å²) in [6.45, 7) is 4.43. The molecule has 1 aliphatic heterocycles. The highest BCUT2D eigenvalue weighted by Crippen LogP contribution is 2.25. The first-order chi connectivity index (χ1) is 5.64. The summed E-state index contributed by atoms with van der Waals surface area (Å²) in [5, 5.41) is 5.75. The van der Waals surface area contributed by atoms with Gasteiger partial charge in [0, 0.05) is 32.0 Å². The van der Waals surface area contributed by atoms with E-state index in [1.807, 2.05) is 0 Å². The Labute approximate surface area is 71.0 Å². The maximum atomic E-state index is 12.9. The molecule has 1 rings (SSSR count). The van der Waals surface area contributed by atoms with Crippen LogP contribution < -0.4 is 10.6 Å². The molecule has 1 saturated heterocycles. The molecule has 0 amide bonds. The van der Waals surface area contributed by atoms with Crippen molar-refractivity contribution in [1.29, 1.82) is 0 Å². The lowest BCUT2D eigenvalue weighted by molar-refractivity contribution is -0.0157. The standard InChI is InChI=1S/C8H14F2N2/c1-2-12-7-5-8(9,10)3-4-11-6-7/h2,7,11-12H,1,3-6H2. The highest BCUT2D eigenvalue weighted by molar-refractivity contribution is 4.85. The van der Waals surface area contributed by atoms with Gasteiger partial charge in [-0.2, -0.15) is 0 Å². The molecule has 0 aromatic heterocycles. The zero-order valence-electron chi connectivity index (χ0n) is 6.95. The summed E-state index contributed by atoms with van der Waals surface area (Å²) in [6.07, 6.45) is 1.29. The Bertz CT molecular complexity index is 159. The van der Waals surface area contributed by atoms with E-state index in [0.717, 1.165) is 0 Å². The molecule has 1 fully saturated rings. The lowest BCUT2D eigenvalue weighted by Crippen LogP contribution is -2.36. The minimum atomic E-state index is -2.54. The van der Waals surface area contributed by atoms with Gasteiger partial charge in [0.1, 0.15) is 0 Å². The van der Waals surface area contributed by atoms with E-state index in [2.05, 4.69) is 17.2 Å². The highest BCUT2D eigenvalue weighted by Gasteiger charge is 2.33. The van der Waals surface area contributed by atoms with Crippen molar-refractivity contribution in [3.05, 3.63) is 12.8 Å². The first kappa shape index (κ1) is 9.45.